The summed E-state index contributed by atoms with van der Waals surface area (Å²) in [5.74, 6) is 0.182. The summed E-state index contributed by atoms with van der Waals surface area (Å²) in [6, 6.07) is 13.2. The van der Waals surface area contributed by atoms with E-state index in [9.17, 15) is 4.79 Å². The summed E-state index contributed by atoms with van der Waals surface area (Å²) in [5, 5.41) is 6.57. The SMILES string of the molecule is CC[C@]1(CCC(=O)NCc2cccs2)CCCN2CCc3c([nH]c4ccccc34)[C@@H]21. The van der Waals surface area contributed by atoms with Crippen molar-refractivity contribution in [3.8, 4) is 0 Å². The number of nitrogens with one attached hydrogen (secondary N) is 2. The number of fused-ring (bicyclic) bond motifs is 5. The summed E-state index contributed by atoms with van der Waals surface area (Å²) in [6.45, 7) is 5.28. The molecule has 1 aromatic carbocycles. The fraction of sp³-hybridized carbons (Fsp3) is 0.480. The summed E-state index contributed by atoms with van der Waals surface area (Å²) in [4.78, 5) is 20.4. The number of amides is 1. The van der Waals surface area contributed by atoms with Gasteiger partial charge >= 0.3 is 0 Å². The quantitative estimate of drug-likeness (QED) is 0.559. The van der Waals surface area contributed by atoms with Crippen LogP contribution in [0.1, 0.15) is 61.2 Å². The first-order valence-electron chi connectivity index (χ1n) is 11.3. The third-order valence-electron chi connectivity index (χ3n) is 7.43. The second-order valence-electron chi connectivity index (χ2n) is 8.93. The molecule has 2 atom stereocenters. The standard InChI is InChI=1S/C25H31N3OS/c1-2-25(13-10-22(29)26-17-18-7-5-16-30-18)12-6-14-28-15-11-20-19-8-3-4-9-21(19)27-23(20)24(25)28/h3-5,7-9,16,24,27H,2,6,10-15,17H2,1H3,(H,26,29)/t24-,25-/m1/s1. The first-order chi connectivity index (χ1) is 14.7. The van der Waals surface area contributed by atoms with Gasteiger partial charge in [-0.05, 0) is 67.1 Å². The van der Waals surface area contributed by atoms with E-state index in [4.69, 9.17) is 0 Å². The Morgan fingerprint density at radius 2 is 2.17 bits per heavy atom. The topological polar surface area (TPSA) is 48.1 Å². The van der Waals surface area contributed by atoms with Crippen LogP contribution >= 0.6 is 11.3 Å². The van der Waals surface area contributed by atoms with Gasteiger partial charge in [0.2, 0.25) is 5.91 Å². The zero-order valence-corrected chi connectivity index (χ0v) is 18.6. The lowest BCUT2D eigenvalue weighted by Gasteiger charge is -2.52. The molecule has 2 aliphatic rings. The number of aromatic amines is 1. The highest BCUT2D eigenvalue weighted by atomic mass is 32.1. The van der Waals surface area contributed by atoms with Crippen LogP contribution < -0.4 is 5.32 Å². The first kappa shape index (κ1) is 19.8. The molecule has 1 fully saturated rings. The van der Waals surface area contributed by atoms with Crippen molar-refractivity contribution in [2.45, 2.75) is 58.0 Å². The number of hydrogen-bond acceptors (Lipinski definition) is 3. The Balaban J connectivity index is 1.38. The molecule has 2 N–H and O–H groups in total. The Bertz CT molecular complexity index is 1020. The molecular formula is C25H31N3OS. The Kier molecular flexibility index (Phi) is 5.42. The molecule has 0 spiro atoms. The van der Waals surface area contributed by atoms with Crippen LogP contribution in [-0.4, -0.2) is 28.9 Å². The molecule has 0 radical (unpaired) electrons. The molecule has 4 nitrogen and oxygen atoms in total. The van der Waals surface area contributed by atoms with Gasteiger partial charge in [0.05, 0.1) is 12.6 Å². The molecule has 30 heavy (non-hydrogen) atoms. The number of rotatable bonds is 6. The fourth-order valence-electron chi connectivity index (χ4n) is 5.85. The van der Waals surface area contributed by atoms with E-state index in [0.29, 0.717) is 19.0 Å². The minimum absolute atomic E-state index is 0.161. The summed E-state index contributed by atoms with van der Waals surface area (Å²) in [6.07, 6.45) is 6.24. The number of carbonyl (C=O) groups excluding carboxylic acids is 1. The predicted octanol–water partition coefficient (Wildman–Crippen LogP) is 5.42. The molecule has 0 bridgehead atoms. The van der Waals surface area contributed by atoms with E-state index in [0.717, 1.165) is 25.8 Å². The van der Waals surface area contributed by atoms with Crippen LogP contribution in [0.2, 0.25) is 0 Å². The van der Waals surface area contributed by atoms with E-state index in [2.05, 4.69) is 57.8 Å². The highest BCUT2D eigenvalue weighted by Crippen LogP contribution is 2.53. The third-order valence-corrected chi connectivity index (χ3v) is 8.30. The number of thiophene rings is 1. The Morgan fingerprint density at radius 1 is 1.27 bits per heavy atom. The molecule has 0 unspecified atom stereocenters. The highest BCUT2D eigenvalue weighted by molar-refractivity contribution is 7.09. The first-order valence-corrected chi connectivity index (χ1v) is 12.2. The van der Waals surface area contributed by atoms with E-state index < -0.39 is 0 Å². The normalized spacial score (nSPS) is 23.8. The number of H-pyrrole nitrogens is 1. The molecule has 5 heteroatoms. The van der Waals surface area contributed by atoms with Crippen LogP contribution in [0.4, 0.5) is 0 Å². The molecule has 0 saturated carbocycles. The molecule has 0 aliphatic carbocycles. The van der Waals surface area contributed by atoms with Gasteiger partial charge in [-0.15, -0.1) is 11.3 Å². The van der Waals surface area contributed by atoms with Gasteiger partial charge in [0.1, 0.15) is 0 Å². The van der Waals surface area contributed by atoms with Gasteiger partial charge in [-0.25, -0.2) is 0 Å². The van der Waals surface area contributed by atoms with Gasteiger partial charge in [0.25, 0.3) is 0 Å². The van der Waals surface area contributed by atoms with Crippen molar-refractivity contribution in [3.05, 3.63) is 57.9 Å². The molecule has 5 rings (SSSR count). The number of piperidine rings is 1. The maximum Gasteiger partial charge on any atom is 0.220 e. The van der Waals surface area contributed by atoms with Gasteiger partial charge in [0.15, 0.2) is 0 Å². The van der Waals surface area contributed by atoms with Gasteiger partial charge in [-0.1, -0.05) is 31.2 Å². The maximum absolute atomic E-state index is 12.7. The number of nitrogens with zero attached hydrogens (tertiary/aromatic N) is 1. The molecule has 4 heterocycles. The summed E-state index contributed by atoms with van der Waals surface area (Å²) in [7, 11) is 0. The monoisotopic (exact) mass is 421 g/mol. The van der Waals surface area contributed by atoms with Crippen molar-refractivity contribution >= 4 is 28.1 Å². The van der Waals surface area contributed by atoms with Crippen molar-refractivity contribution in [2.24, 2.45) is 5.41 Å². The predicted molar refractivity (Wildman–Crippen MR) is 124 cm³/mol. The molecule has 3 aromatic rings. The molecule has 1 saturated heterocycles. The van der Waals surface area contributed by atoms with Crippen molar-refractivity contribution in [1.29, 1.82) is 0 Å². The summed E-state index contributed by atoms with van der Waals surface area (Å²) in [5.41, 5.74) is 4.35. The third kappa shape index (κ3) is 3.48. The zero-order valence-electron chi connectivity index (χ0n) is 17.7. The number of hydrogen-bond donors (Lipinski definition) is 2. The van der Waals surface area contributed by atoms with Crippen LogP contribution in [0.25, 0.3) is 10.9 Å². The fourth-order valence-corrected chi connectivity index (χ4v) is 6.50. The number of benzene rings is 1. The molecular weight excluding hydrogens is 390 g/mol. The Morgan fingerprint density at radius 3 is 3.00 bits per heavy atom. The van der Waals surface area contributed by atoms with Crippen LogP contribution in [0.15, 0.2) is 41.8 Å². The average molecular weight is 422 g/mol. The van der Waals surface area contributed by atoms with Crippen molar-refractivity contribution < 1.29 is 4.79 Å². The second kappa shape index (κ2) is 8.20. The lowest BCUT2D eigenvalue weighted by Crippen LogP contribution is -2.49. The highest BCUT2D eigenvalue weighted by Gasteiger charge is 2.47. The largest absolute Gasteiger partial charge is 0.357 e. The zero-order chi connectivity index (χ0) is 20.6. The minimum Gasteiger partial charge on any atom is -0.357 e. The van der Waals surface area contributed by atoms with E-state index in [-0.39, 0.29) is 11.3 Å². The van der Waals surface area contributed by atoms with Crippen LogP contribution in [-0.2, 0) is 17.8 Å². The Labute approximate surface area is 182 Å². The number of aromatic nitrogens is 1. The smallest absolute Gasteiger partial charge is 0.220 e. The maximum atomic E-state index is 12.7. The van der Waals surface area contributed by atoms with Crippen molar-refractivity contribution in [1.82, 2.24) is 15.2 Å². The van der Waals surface area contributed by atoms with Crippen molar-refractivity contribution in [3.63, 3.8) is 0 Å². The lowest BCUT2D eigenvalue weighted by molar-refractivity contribution is -0.122. The van der Waals surface area contributed by atoms with Gasteiger partial charge < -0.3 is 10.3 Å². The minimum atomic E-state index is 0.161. The Hall–Kier alpha value is -2.11. The van der Waals surface area contributed by atoms with Crippen molar-refractivity contribution in [2.75, 3.05) is 13.1 Å². The van der Waals surface area contributed by atoms with Crippen LogP contribution in [0.3, 0.4) is 0 Å². The average Bonchev–Trinajstić information content (AvgIpc) is 3.43. The van der Waals surface area contributed by atoms with E-state index in [1.165, 1.54) is 46.4 Å². The van der Waals surface area contributed by atoms with Gasteiger partial charge in [0, 0.05) is 34.4 Å². The van der Waals surface area contributed by atoms with E-state index >= 15 is 0 Å². The van der Waals surface area contributed by atoms with Crippen LogP contribution in [0.5, 0.6) is 0 Å². The number of carbonyl (C=O) groups is 1. The van der Waals surface area contributed by atoms with E-state index in [1.54, 1.807) is 11.3 Å². The molecule has 2 aliphatic heterocycles. The number of para-hydroxylation sites is 1. The second-order valence-corrected chi connectivity index (χ2v) is 9.96. The molecule has 158 valence electrons. The summed E-state index contributed by atoms with van der Waals surface area (Å²) < 4.78 is 0. The van der Waals surface area contributed by atoms with Crippen LogP contribution in [0, 0.1) is 5.41 Å². The van der Waals surface area contributed by atoms with Gasteiger partial charge in [-0.3, -0.25) is 9.69 Å². The molecule has 2 aromatic heterocycles. The molecule has 1 amide bonds. The van der Waals surface area contributed by atoms with Gasteiger partial charge in [-0.2, -0.15) is 0 Å². The van der Waals surface area contributed by atoms with E-state index in [1.807, 2.05) is 6.07 Å². The summed E-state index contributed by atoms with van der Waals surface area (Å²) >= 11 is 1.70. The lowest BCUT2D eigenvalue weighted by atomic mass is 9.65.